The molecular formula is C10H18N4O3. The first kappa shape index (κ1) is 13.4. The molecule has 1 fully saturated rings. The first-order valence-corrected chi connectivity index (χ1v) is 5.50. The van der Waals surface area contributed by atoms with Gasteiger partial charge in [-0.15, -0.1) is 0 Å². The van der Waals surface area contributed by atoms with Crippen molar-refractivity contribution in [1.29, 1.82) is 0 Å². The van der Waals surface area contributed by atoms with E-state index >= 15 is 0 Å². The Morgan fingerprint density at radius 2 is 2.12 bits per heavy atom. The third-order valence-corrected chi connectivity index (χ3v) is 2.65. The van der Waals surface area contributed by atoms with Crippen molar-refractivity contribution in [3.05, 3.63) is 0 Å². The lowest BCUT2D eigenvalue weighted by molar-refractivity contribution is -0.133. The van der Waals surface area contributed by atoms with Crippen molar-refractivity contribution in [2.45, 2.75) is 31.8 Å². The van der Waals surface area contributed by atoms with Crippen LogP contribution in [0.25, 0.3) is 0 Å². The summed E-state index contributed by atoms with van der Waals surface area (Å²) in [7, 11) is 0. The molecule has 0 saturated carbocycles. The van der Waals surface area contributed by atoms with Gasteiger partial charge in [0.2, 0.25) is 17.7 Å². The molecular weight excluding hydrogens is 224 g/mol. The van der Waals surface area contributed by atoms with E-state index < -0.39 is 11.9 Å². The fraction of sp³-hybridized carbons (Fsp3) is 0.700. The van der Waals surface area contributed by atoms with Gasteiger partial charge in [0.1, 0.15) is 0 Å². The zero-order chi connectivity index (χ0) is 13.0. The van der Waals surface area contributed by atoms with E-state index in [-0.39, 0.29) is 24.3 Å². The maximum absolute atomic E-state index is 11.8. The van der Waals surface area contributed by atoms with E-state index in [4.69, 9.17) is 11.5 Å². The molecule has 17 heavy (non-hydrogen) atoms. The predicted molar refractivity (Wildman–Crippen MR) is 60.6 cm³/mol. The average molecular weight is 242 g/mol. The molecule has 1 saturated heterocycles. The quantitative estimate of drug-likeness (QED) is 0.524. The molecule has 7 heteroatoms. The second-order valence-corrected chi connectivity index (χ2v) is 4.25. The largest absolute Gasteiger partial charge is 0.370 e. The fourth-order valence-electron chi connectivity index (χ4n) is 1.90. The molecule has 0 aromatic carbocycles. The Morgan fingerprint density at radius 3 is 2.65 bits per heavy atom. The van der Waals surface area contributed by atoms with Crippen LogP contribution in [-0.4, -0.2) is 47.8 Å². The number of likely N-dealkylation sites (tertiary alicyclic amines) is 1. The molecule has 0 aromatic heterocycles. The minimum atomic E-state index is -0.886. The number of hydrogen-bond donors (Lipinski definition) is 3. The number of hydrogen-bond acceptors (Lipinski definition) is 4. The van der Waals surface area contributed by atoms with E-state index in [2.05, 4.69) is 5.32 Å². The van der Waals surface area contributed by atoms with Gasteiger partial charge in [0.25, 0.3) is 0 Å². The van der Waals surface area contributed by atoms with Crippen molar-refractivity contribution in [2.75, 3.05) is 13.1 Å². The number of carbonyl (C=O) groups excluding carboxylic acids is 3. The Labute approximate surface area is 99.5 Å². The third kappa shape index (κ3) is 4.03. The smallest absolute Gasteiger partial charge is 0.240 e. The molecule has 3 amide bonds. The minimum absolute atomic E-state index is 0.0303. The van der Waals surface area contributed by atoms with Gasteiger partial charge in [-0.05, 0) is 6.42 Å². The molecule has 2 atom stereocenters. The zero-order valence-electron chi connectivity index (χ0n) is 9.81. The maximum Gasteiger partial charge on any atom is 0.240 e. The van der Waals surface area contributed by atoms with Crippen LogP contribution in [-0.2, 0) is 14.4 Å². The van der Waals surface area contributed by atoms with E-state index in [0.29, 0.717) is 19.5 Å². The lowest BCUT2D eigenvalue weighted by atomic mass is 10.2. The van der Waals surface area contributed by atoms with Crippen molar-refractivity contribution >= 4 is 17.7 Å². The zero-order valence-corrected chi connectivity index (χ0v) is 9.81. The second kappa shape index (κ2) is 5.62. The lowest BCUT2D eigenvalue weighted by Gasteiger charge is -2.20. The highest BCUT2D eigenvalue weighted by atomic mass is 16.2. The number of nitrogens with two attached hydrogens (primary N) is 2. The van der Waals surface area contributed by atoms with Crippen LogP contribution in [0.3, 0.4) is 0 Å². The molecule has 1 rings (SSSR count). The lowest BCUT2D eigenvalue weighted by Crippen LogP contribution is -2.46. The highest BCUT2D eigenvalue weighted by molar-refractivity contribution is 5.87. The van der Waals surface area contributed by atoms with Crippen LogP contribution >= 0.6 is 0 Å². The Morgan fingerprint density at radius 1 is 1.47 bits per heavy atom. The van der Waals surface area contributed by atoms with Gasteiger partial charge in [-0.2, -0.15) is 0 Å². The summed E-state index contributed by atoms with van der Waals surface area (Å²) in [6.45, 7) is 2.41. The minimum Gasteiger partial charge on any atom is -0.370 e. The Bertz CT molecular complexity index is 332. The number of rotatable bonds is 4. The van der Waals surface area contributed by atoms with Gasteiger partial charge in [0, 0.05) is 26.1 Å². The molecule has 0 spiro atoms. The third-order valence-electron chi connectivity index (χ3n) is 2.65. The molecule has 7 nitrogen and oxygen atoms in total. The van der Waals surface area contributed by atoms with Gasteiger partial charge in [-0.1, -0.05) is 0 Å². The average Bonchev–Trinajstić information content (AvgIpc) is 2.62. The summed E-state index contributed by atoms with van der Waals surface area (Å²) >= 11 is 0. The van der Waals surface area contributed by atoms with Crippen LogP contribution in [0.1, 0.15) is 19.8 Å². The fourth-order valence-corrected chi connectivity index (χ4v) is 1.90. The Hall–Kier alpha value is -1.63. The number of nitrogens with zero attached hydrogens (tertiary/aromatic N) is 1. The molecule has 0 bridgehead atoms. The first-order chi connectivity index (χ1) is 7.90. The monoisotopic (exact) mass is 242 g/mol. The van der Waals surface area contributed by atoms with Crippen molar-refractivity contribution in [3.8, 4) is 0 Å². The molecule has 1 heterocycles. The van der Waals surface area contributed by atoms with Crippen molar-refractivity contribution in [1.82, 2.24) is 10.2 Å². The van der Waals surface area contributed by atoms with E-state index in [1.165, 1.54) is 6.92 Å². The molecule has 96 valence electrons. The molecule has 1 aliphatic rings. The number of amides is 3. The van der Waals surface area contributed by atoms with Crippen LogP contribution in [0.15, 0.2) is 0 Å². The van der Waals surface area contributed by atoms with Gasteiger partial charge in [-0.3, -0.25) is 14.4 Å². The van der Waals surface area contributed by atoms with E-state index in [0.717, 1.165) is 0 Å². The van der Waals surface area contributed by atoms with Crippen molar-refractivity contribution in [3.63, 3.8) is 0 Å². The van der Waals surface area contributed by atoms with Gasteiger partial charge in [-0.25, -0.2) is 0 Å². The van der Waals surface area contributed by atoms with Gasteiger partial charge >= 0.3 is 0 Å². The number of nitrogens with one attached hydrogen (secondary N) is 1. The SMILES string of the molecule is CC(=O)NC1CCN(C(=O)C(N)CC(N)=O)C1. The number of primary amides is 1. The summed E-state index contributed by atoms with van der Waals surface area (Å²) in [5, 5.41) is 2.74. The summed E-state index contributed by atoms with van der Waals surface area (Å²) in [5.74, 6) is -1.01. The van der Waals surface area contributed by atoms with Crippen molar-refractivity contribution < 1.29 is 14.4 Å². The molecule has 1 aliphatic heterocycles. The van der Waals surface area contributed by atoms with Crippen LogP contribution in [0.4, 0.5) is 0 Å². The highest BCUT2D eigenvalue weighted by Gasteiger charge is 2.30. The Balaban J connectivity index is 2.44. The van der Waals surface area contributed by atoms with Crippen molar-refractivity contribution in [2.24, 2.45) is 11.5 Å². The highest BCUT2D eigenvalue weighted by Crippen LogP contribution is 2.11. The van der Waals surface area contributed by atoms with E-state index in [9.17, 15) is 14.4 Å². The van der Waals surface area contributed by atoms with Crippen LogP contribution in [0.5, 0.6) is 0 Å². The topological polar surface area (TPSA) is 119 Å². The first-order valence-electron chi connectivity index (χ1n) is 5.50. The van der Waals surface area contributed by atoms with Crippen LogP contribution in [0.2, 0.25) is 0 Å². The standard InChI is InChI=1S/C10H18N4O3/c1-6(15)13-7-2-3-14(5-7)10(17)8(11)4-9(12)16/h7-8H,2-5,11H2,1H3,(H2,12,16)(H,13,15). The molecule has 5 N–H and O–H groups in total. The summed E-state index contributed by atoms with van der Waals surface area (Å²) < 4.78 is 0. The summed E-state index contributed by atoms with van der Waals surface area (Å²) in [6, 6.07) is -0.916. The van der Waals surface area contributed by atoms with Gasteiger partial charge in [0.15, 0.2) is 0 Å². The summed E-state index contributed by atoms with van der Waals surface area (Å²) in [5.41, 5.74) is 10.5. The number of carbonyl (C=O) groups is 3. The Kier molecular flexibility index (Phi) is 4.45. The van der Waals surface area contributed by atoms with Crippen LogP contribution in [0, 0.1) is 0 Å². The second-order valence-electron chi connectivity index (χ2n) is 4.25. The van der Waals surface area contributed by atoms with Crippen LogP contribution < -0.4 is 16.8 Å². The summed E-state index contributed by atoms with van der Waals surface area (Å²) in [6.07, 6.45) is 0.550. The van der Waals surface area contributed by atoms with E-state index in [1.807, 2.05) is 0 Å². The van der Waals surface area contributed by atoms with Gasteiger partial charge < -0.3 is 21.7 Å². The van der Waals surface area contributed by atoms with Gasteiger partial charge in [0.05, 0.1) is 12.5 Å². The molecule has 0 aliphatic carbocycles. The predicted octanol–water partition coefficient (Wildman–Crippen LogP) is -2.07. The molecule has 0 radical (unpaired) electrons. The molecule has 2 unspecified atom stereocenters. The normalized spacial score (nSPS) is 21.1. The molecule has 0 aromatic rings. The summed E-state index contributed by atoms with van der Waals surface area (Å²) in [4.78, 5) is 34.9. The van der Waals surface area contributed by atoms with E-state index in [1.54, 1.807) is 4.90 Å². The maximum atomic E-state index is 11.8.